The number of carbonyl (C=O) groups excluding carboxylic acids is 1. The molecule has 0 fully saturated rings. The predicted molar refractivity (Wildman–Crippen MR) is 69.6 cm³/mol. The van der Waals surface area contributed by atoms with Gasteiger partial charge in [0.15, 0.2) is 5.78 Å². The van der Waals surface area contributed by atoms with E-state index in [9.17, 15) is 4.79 Å². The van der Waals surface area contributed by atoms with Crippen molar-refractivity contribution in [1.29, 1.82) is 0 Å². The zero-order valence-corrected chi connectivity index (χ0v) is 11.6. The highest BCUT2D eigenvalue weighted by atomic mass is 32.1. The Morgan fingerprint density at radius 3 is 2.25 bits per heavy atom. The molecule has 1 heterocycles. The zero-order valence-electron chi connectivity index (χ0n) is 10.8. The first-order valence-corrected chi connectivity index (χ1v) is 6.71. The molecule has 16 heavy (non-hydrogen) atoms. The Morgan fingerprint density at radius 1 is 1.19 bits per heavy atom. The Balaban J connectivity index is 2.61. The van der Waals surface area contributed by atoms with Gasteiger partial charge < -0.3 is 0 Å². The van der Waals surface area contributed by atoms with E-state index in [4.69, 9.17) is 0 Å². The number of fused-ring (bicyclic) bond motifs is 1. The summed E-state index contributed by atoms with van der Waals surface area (Å²) >= 11 is 1.70. The highest BCUT2D eigenvalue weighted by molar-refractivity contribution is 7.14. The van der Waals surface area contributed by atoms with Crippen LogP contribution in [0.5, 0.6) is 0 Å². The number of carbonyl (C=O) groups is 1. The fourth-order valence-electron chi connectivity index (χ4n) is 2.44. The molecule has 2 rings (SSSR count). The SMILES string of the molecule is CC(=O)c1cc2c(s1)C(C)(C)CCC2(C)C. The van der Waals surface area contributed by atoms with Crippen LogP contribution in [0.3, 0.4) is 0 Å². The van der Waals surface area contributed by atoms with Crippen molar-refractivity contribution in [3.8, 4) is 0 Å². The highest BCUT2D eigenvalue weighted by Crippen LogP contribution is 2.49. The monoisotopic (exact) mass is 236 g/mol. The normalized spacial score (nSPS) is 21.6. The van der Waals surface area contributed by atoms with Gasteiger partial charge in [-0.25, -0.2) is 0 Å². The molecule has 0 spiro atoms. The fourth-order valence-corrected chi connectivity index (χ4v) is 3.81. The summed E-state index contributed by atoms with van der Waals surface area (Å²) in [5.74, 6) is 0.200. The third-order valence-corrected chi connectivity index (χ3v) is 5.40. The molecule has 1 nitrogen and oxygen atoms in total. The van der Waals surface area contributed by atoms with Crippen LogP contribution in [0.25, 0.3) is 0 Å². The standard InChI is InChI=1S/C14H20OS/c1-9(15)11-8-10-12(16-11)14(4,5)7-6-13(10,2)3/h8H,6-7H2,1-5H3. The maximum absolute atomic E-state index is 11.5. The summed E-state index contributed by atoms with van der Waals surface area (Å²) < 4.78 is 0. The van der Waals surface area contributed by atoms with Crippen molar-refractivity contribution in [2.45, 2.75) is 58.3 Å². The molecule has 0 saturated heterocycles. The van der Waals surface area contributed by atoms with Crippen molar-refractivity contribution < 1.29 is 4.79 Å². The number of thiophene rings is 1. The minimum Gasteiger partial charge on any atom is -0.294 e. The van der Waals surface area contributed by atoms with Gasteiger partial charge in [-0.2, -0.15) is 0 Å². The lowest BCUT2D eigenvalue weighted by Crippen LogP contribution is -2.31. The van der Waals surface area contributed by atoms with Crippen LogP contribution in [-0.4, -0.2) is 5.78 Å². The van der Waals surface area contributed by atoms with Crippen LogP contribution < -0.4 is 0 Å². The molecular weight excluding hydrogens is 216 g/mol. The van der Waals surface area contributed by atoms with E-state index in [1.54, 1.807) is 18.3 Å². The van der Waals surface area contributed by atoms with Crippen molar-refractivity contribution in [1.82, 2.24) is 0 Å². The number of hydrogen-bond acceptors (Lipinski definition) is 2. The summed E-state index contributed by atoms with van der Waals surface area (Å²) in [7, 11) is 0. The Kier molecular flexibility index (Phi) is 2.54. The molecule has 0 aliphatic heterocycles. The molecule has 0 N–H and O–H groups in total. The van der Waals surface area contributed by atoms with Gasteiger partial charge in [-0.1, -0.05) is 27.7 Å². The van der Waals surface area contributed by atoms with Crippen LogP contribution >= 0.6 is 11.3 Å². The van der Waals surface area contributed by atoms with Crippen LogP contribution in [-0.2, 0) is 10.8 Å². The summed E-state index contributed by atoms with van der Waals surface area (Å²) in [6.07, 6.45) is 2.42. The van der Waals surface area contributed by atoms with Gasteiger partial charge in [0.2, 0.25) is 0 Å². The minimum atomic E-state index is 0.200. The molecular formula is C14H20OS. The highest BCUT2D eigenvalue weighted by Gasteiger charge is 2.39. The Morgan fingerprint density at radius 2 is 1.75 bits per heavy atom. The average molecular weight is 236 g/mol. The van der Waals surface area contributed by atoms with E-state index in [0.29, 0.717) is 0 Å². The second-order valence-corrected chi connectivity index (χ2v) is 7.23. The van der Waals surface area contributed by atoms with Crippen molar-refractivity contribution >= 4 is 17.1 Å². The molecule has 1 aromatic rings. The van der Waals surface area contributed by atoms with Gasteiger partial charge in [0.05, 0.1) is 4.88 Å². The first-order valence-electron chi connectivity index (χ1n) is 5.90. The van der Waals surface area contributed by atoms with Crippen molar-refractivity contribution in [2.24, 2.45) is 0 Å². The van der Waals surface area contributed by atoms with Gasteiger partial charge >= 0.3 is 0 Å². The van der Waals surface area contributed by atoms with E-state index in [0.717, 1.165) is 4.88 Å². The molecule has 0 amide bonds. The lowest BCUT2D eigenvalue weighted by Gasteiger charge is -2.39. The summed E-state index contributed by atoms with van der Waals surface area (Å²) in [4.78, 5) is 13.8. The molecule has 0 aromatic carbocycles. The van der Waals surface area contributed by atoms with Gasteiger partial charge in [0, 0.05) is 4.88 Å². The van der Waals surface area contributed by atoms with Crippen LogP contribution in [0.1, 0.15) is 67.6 Å². The molecule has 2 heteroatoms. The molecule has 0 bridgehead atoms. The van der Waals surface area contributed by atoms with Crippen LogP contribution in [0, 0.1) is 0 Å². The molecule has 0 radical (unpaired) electrons. The Labute approximate surface area is 102 Å². The smallest absolute Gasteiger partial charge is 0.169 e. The average Bonchev–Trinajstić information content (AvgIpc) is 2.59. The van der Waals surface area contributed by atoms with Crippen molar-refractivity contribution in [3.05, 3.63) is 21.4 Å². The van der Waals surface area contributed by atoms with E-state index in [2.05, 4.69) is 33.8 Å². The summed E-state index contributed by atoms with van der Waals surface area (Å²) in [5, 5.41) is 0. The van der Waals surface area contributed by atoms with Crippen LogP contribution in [0.2, 0.25) is 0 Å². The third kappa shape index (κ3) is 1.73. The predicted octanol–water partition coefficient (Wildman–Crippen LogP) is 4.30. The van der Waals surface area contributed by atoms with E-state index >= 15 is 0 Å². The third-order valence-electron chi connectivity index (χ3n) is 3.80. The summed E-state index contributed by atoms with van der Waals surface area (Å²) in [5.41, 5.74) is 1.87. The molecule has 0 unspecified atom stereocenters. The lowest BCUT2D eigenvalue weighted by atomic mass is 9.67. The molecule has 0 atom stereocenters. The largest absolute Gasteiger partial charge is 0.294 e. The Bertz CT molecular complexity index is 404. The summed E-state index contributed by atoms with van der Waals surface area (Å²) in [6, 6.07) is 2.13. The maximum Gasteiger partial charge on any atom is 0.169 e. The molecule has 1 aliphatic rings. The number of Topliss-reactive ketones (excluding diaryl/α,β-unsaturated/α-hetero) is 1. The summed E-state index contributed by atoms with van der Waals surface area (Å²) in [6.45, 7) is 10.8. The molecule has 88 valence electrons. The van der Waals surface area contributed by atoms with Gasteiger partial charge in [-0.3, -0.25) is 4.79 Å². The van der Waals surface area contributed by atoms with E-state index in [1.165, 1.54) is 23.3 Å². The molecule has 1 aromatic heterocycles. The lowest BCUT2D eigenvalue weighted by molar-refractivity contribution is 0.102. The first-order chi connectivity index (χ1) is 7.24. The topological polar surface area (TPSA) is 17.1 Å². The van der Waals surface area contributed by atoms with E-state index < -0.39 is 0 Å². The second-order valence-electron chi connectivity index (χ2n) is 6.18. The number of rotatable bonds is 1. The van der Waals surface area contributed by atoms with E-state index in [1.807, 2.05) is 0 Å². The van der Waals surface area contributed by atoms with Gasteiger partial charge in [0.1, 0.15) is 0 Å². The van der Waals surface area contributed by atoms with Gasteiger partial charge in [-0.05, 0) is 42.2 Å². The number of ketones is 1. The molecule has 0 saturated carbocycles. The quantitative estimate of drug-likeness (QED) is 0.664. The fraction of sp³-hybridized carbons (Fsp3) is 0.643. The van der Waals surface area contributed by atoms with Crippen molar-refractivity contribution in [2.75, 3.05) is 0 Å². The maximum atomic E-state index is 11.5. The Hall–Kier alpha value is -0.630. The number of hydrogen-bond donors (Lipinski definition) is 0. The zero-order chi connectivity index (χ0) is 12.1. The van der Waals surface area contributed by atoms with E-state index in [-0.39, 0.29) is 16.6 Å². The van der Waals surface area contributed by atoms with Crippen LogP contribution in [0.4, 0.5) is 0 Å². The minimum absolute atomic E-state index is 0.200. The van der Waals surface area contributed by atoms with Gasteiger partial charge in [-0.15, -0.1) is 11.3 Å². The second kappa shape index (κ2) is 3.43. The van der Waals surface area contributed by atoms with Crippen LogP contribution in [0.15, 0.2) is 6.07 Å². The first kappa shape index (κ1) is 11.8. The molecule has 1 aliphatic carbocycles. The van der Waals surface area contributed by atoms with Crippen molar-refractivity contribution in [3.63, 3.8) is 0 Å². The van der Waals surface area contributed by atoms with Gasteiger partial charge in [0.25, 0.3) is 0 Å².